The second kappa shape index (κ2) is 3.62. The molecule has 0 aromatic heterocycles. The van der Waals surface area contributed by atoms with Gasteiger partial charge in [-0.15, -0.1) is 17.9 Å². The highest BCUT2D eigenvalue weighted by molar-refractivity contribution is 8.46. The Morgan fingerprint density at radius 3 is 1.89 bits per heavy atom. The molecule has 0 bridgehead atoms. The molecule has 0 saturated heterocycles. The zero-order valence-corrected chi connectivity index (χ0v) is 8.19. The summed E-state index contributed by atoms with van der Waals surface area (Å²) >= 11 is 0. The Labute approximate surface area is 61.4 Å². The molecule has 1 aromatic carbocycles. The lowest BCUT2D eigenvalue weighted by atomic mass is 10.4. The van der Waals surface area contributed by atoms with Crippen LogP contribution in [0.5, 0.6) is 0 Å². The quantitative estimate of drug-likeness (QED) is 0.573. The highest BCUT2D eigenvalue weighted by Gasteiger charge is 1.93. The topological polar surface area (TPSA) is 0 Å². The molecule has 0 fully saturated rings. The van der Waals surface area contributed by atoms with E-state index < -0.39 is 0 Å². The van der Waals surface area contributed by atoms with Crippen LogP contribution in [0.4, 0.5) is 0 Å². The van der Waals surface area contributed by atoms with Crippen LogP contribution in [0, 0.1) is 0 Å². The standard InChI is InChI=1S/C6H9P3/c7-9(8)6-4-2-1-3-5-6/h1-5H,7-8H2. The maximum atomic E-state index is 2.80. The molecule has 0 aliphatic carbocycles. The molecule has 0 heterocycles. The summed E-state index contributed by atoms with van der Waals surface area (Å²) in [5.74, 6) is 0. The van der Waals surface area contributed by atoms with Gasteiger partial charge >= 0.3 is 0 Å². The normalized spacial score (nSPS) is 10.1. The molecule has 0 amide bonds. The van der Waals surface area contributed by atoms with E-state index in [-0.39, 0.29) is 7.30 Å². The van der Waals surface area contributed by atoms with Crippen molar-refractivity contribution in [3.05, 3.63) is 30.3 Å². The first-order chi connectivity index (χ1) is 4.30. The van der Waals surface area contributed by atoms with E-state index in [9.17, 15) is 0 Å². The Hall–Kier alpha value is 0.510. The average Bonchev–Trinajstić information content (AvgIpc) is 1.90. The van der Waals surface area contributed by atoms with Crippen LogP contribution in [-0.4, -0.2) is 0 Å². The lowest BCUT2D eigenvalue weighted by molar-refractivity contribution is 1.78. The molecule has 2 unspecified atom stereocenters. The van der Waals surface area contributed by atoms with Gasteiger partial charge in [-0.05, 0) is 12.6 Å². The molecule has 9 heavy (non-hydrogen) atoms. The van der Waals surface area contributed by atoms with Gasteiger partial charge in [-0.25, -0.2) is 0 Å². The second-order valence-electron chi connectivity index (χ2n) is 1.74. The summed E-state index contributed by atoms with van der Waals surface area (Å²) in [6, 6.07) is 10.5. The summed E-state index contributed by atoms with van der Waals surface area (Å²) in [4.78, 5) is 0. The highest BCUT2D eigenvalue weighted by atomic mass is 32.4. The molecular formula is C6H9P3. The fourth-order valence-corrected chi connectivity index (χ4v) is 2.15. The maximum Gasteiger partial charge on any atom is -0.0164 e. The van der Waals surface area contributed by atoms with Crippen molar-refractivity contribution in [3.63, 3.8) is 0 Å². The molecule has 1 aromatic rings. The van der Waals surface area contributed by atoms with Crippen LogP contribution in [0.2, 0.25) is 0 Å². The van der Waals surface area contributed by atoms with Gasteiger partial charge in [-0.1, -0.05) is 30.3 Å². The second-order valence-corrected chi connectivity index (χ2v) is 8.20. The number of hydrogen-bond donors (Lipinski definition) is 0. The van der Waals surface area contributed by atoms with E-state index in [1.54, 1.807) is 0 Å². The molecule has 2 atom stereocenters. The average molecular weight is 174 g/mol. The fourth-order valence-electron chi connectivity index (χ4n) is 0.600. The van der Waals surface area contributed by atoms with Crippen LogP contribution in [0.3, 0.4) is 0 Å². The van der Waals surface area contributed by atoms with Crippen LogP contribution in [0.1, 0.15) is 0 Å². The van der Waals surface area contributed by atoms with E-state index in [2.05, 4.69) is 42.1 Å². The molecule has 1 rings (SSSR count). The van der Waals surface area contributed by atoms with Gasteiger partial charge in [0.05, 0.1) is 0 Å². The van der Waals surface area contributed by atoms with Crippen LogP contribution in [0.25, 0.3) is 0 Å². The van der Waals surface area contributed by atoms with Gasteiger partial charge in [0.15, 0.2) is 0 Å². The molecule has 3 heteroatoms. The van der Waals surface area contributed by atoms with Crippen molar-refractivity contribution in [1.29, 1.82) is 0 Å². The molecule has 0 radical (unpaired) electrons. The predicted molar refractivity (Wildman–Crippen MR) is 52.4 cm³/mol. The smallest absolute Gasteiger partial charge is 0.0164 e. The van der Waals surface area contributed by atoms with Crippen LogP contribution >= 0.6 is 25.2 Å². The third-order valence-corrected chi connectivity index (χ3v) is 3.74. The Balaban J connectivity index is 2.85. The highest BCUT2D eigenvalue weighted by Crippen LogP contribution is 2.50. The zero-order chi connectivity index (χ0) is 6.69. The molecule has 0 N–H and O–H groups in total. The maximum absolute atomic E-state index is 2.80. The number of hydrogen-bond acceptors (Lipinski definition) is 0. The monoisotopic (exact) mass is 174 g/mol. The first-order valence-corrected chi connectivity index (χ1v) is 7.23. The summed E-state index contributed by atoms with van der Waals surface area (Å²) in [5, 5.41) is 1.41. The van der Waals surface area contributed by atoms with Gasteiger partial charge in [-0.3, -0.25) is 0 Å². The van der Waals surface area contributed by atoms with Crippen molar-refractivity contribution >= 4 is 30.5 Å². The van der Waals surface area contributed by atoms with E-state index in [1.807, 2.05) is 6.07 Å². The first kappa shape index (κ1) is 7.62. The summed E-state index contributed by atoms with van der Waals surface area (Å²) in [5.41, 5.74) is 0. The molecule has 0 aliphatic heterocycles. The van der Waals surface area contributed by atoms with E-state index in [0.29, 0.717) is 0 Å². The Morgan fingerprint density at radius 2 is 1.56 bits per heavy atom. The molecule has 0 spiro atoms. The predicted octanol–water partition coefficient (Wildman–Crippen LogP) is 2.37. The molecule has 48 valence electrons. The zero-order valence-electron chi connectivity index (χ0n) is 4.99. The van der Waals surface area contributed by atoms with E-state index >= 15 is 0 Å². The van der Waals surface area contributed by atoms with Crippen LogP contribution in [0.15, 0.2) is 30.3 Å². The van der Waals surface area contributed by atoms with Crippen molar-refractivity contribution in [2.75, 3.05) is 0 Å². The summed E-state index contributed by atoms with van der Waals surface area (Å²) in [7, 11) is 5.54. The van der Waals surface area contributed by atoms with Gasteiger partial charge in [-0.2, -0.15) is 0 Å². The number of benzene rings is 1. The van der Waals surface area contributed by atoms with Crippen molar-refractivity contribution in [3.8, 4) is 0 Å². The SMILES string of the molecule is PP(P)c1ccccc1. The summed E-state index contributed by atoms with van der Waals surface area (Å²) < 4.78 is 0. The van der Waals surface area contributed by atoms with Gasteiger partial charge < -0.3 is 0 Å². The molecular weight excluding hydrogens is 165 g/mol. The Bertz CT molecular complexity index is 171. The van der Waals surface area contributed by atoms with Gasteiger partial charge in [0, 0.05) is 0 Å². The third kappa shape index (κ3) is 2.30. The lowest BCUT2D eigenvalue weighted by Crippen LogP contribution is -1.89. The van der Waals surface area contributed by atoms with Crippen molar-refractivity contribution in [2.24, 2.45) is 0 Å². The van der Waals surface area contributed by atoms with Gasteiger partial charge in [0.25, 0.3) is 0 Å². The third-order valence-electron chi connectivity index (χ3n) is 1.05. The minimum Gasteiger partial charge on any atom is -0.103 e. The fraction of sp³-hybridized carbons (Fsp3) is 0. The van der Waals surface area contributed by atoms with Crippen LogP contribution in [-0.2, 0) is 0 Å². The Morgan fingerprint density at radius 1 is 1.00 bits per heavy atom. The van der Waals surface area contributed by atoms with Crippen molar-refractivity contribution in [2.45, 2.75) is 0 Å². The largest absolute Gasteiger partial charge is 0.103 e. The van der Waals surface area contributed by atoms with Crippen molar-refractivity contribution < 1.29 is 0 Å². The summed E-state index contributed by atoms with van der Waals surface area (Å²) in [6.07, 6.45) is 0. The lowest BCUT2D eigenvalue weighted by Gasteiger charge is -2.01. The van der Waals surface area contributed by atoms with Crippen molar-refractivity contribution in [1.82, 2.24) is 0 Å². The molecule has 0 saturated carbocycles. The van der Waals surface area contributed by atoms with Gasteiger partial charge in [0.2, 0.25) is 0 Å². The minimum absolute atomic E-state index is 0.0622. The van der Waals surface area contributed by atoms with E-state index in [0.717, 1.165) is 0 Å². The van der Waals surface area contributed by atoms with E-state index in [4.69, 9.17) is 0 Å². The number of rotatable bonds is 1. The molecule has 0 aliphatic rings. The summed E-state index contributed by atoms with van der Waals surface area (Å²) in [6.45, 7) is 0. The van der Waals surface area contributed by atoms with E-state index in [1.165, 1.54) is 5.30 Å². The molecule has 0 nitrogen and oxygen atoms in total. The Kier molecular flexibility index (Phi) is 3.07. The first-order valence-electron chi connectivity index (χ1n) is 2.65. The van der Waals surface area contributed by atoms with Crippen LogP contribution < -0.4 is 5.30 Å². The van der Waals surface area contributed by atoms with Gasteiger partial charge in [0.1, 0.15) is 0 Å². The minimum atomic E-state index is -0.0622.